The maximum Gasteiger partial charge on any atom is 0.186 e. The third-order valence-corrected chi connectivity index (χ3v) is 6.49. The first kappa shape index (κ1) is 29.0. The molecule has 1 aliphatic rings. The van der Waals surface area contributed by atoms with Gasteiger partial charge in [-0.15, -0.1) is 0 Å². The zero-order valence-corrected chi connectivity index (χ0v) is 20.5. The molecule has 0 aromatic heterocycles. The summed E-state index contributed by atoms with van der Waals surface area (Å²) >= 11 is 0. The minimum Gasteiger partial charge on any atom is -0.508 e. The third kappa shape index (κ3) is 8.75. The molecule has 7 N–H and O–H groups in total. The molecular weight excluding hydrogens is 484 g/mol. The van der Waals surface area contributed by atoms with Gasteiger partial charge in [-0.1, -0.05) is 24.3 Å². The van der Waals surface area contributed by atoms with Gasteiger partial charge in [0.15, 0.2) is 6.29 Å². The molecule has 1 fully saturated rings. The van der Waals surface area contributed by atoms with Gasteiger partial charge in [0.05, 0.1) is 18.8 Å². The van der Waals surface area contributed by atoms with Gasteiger partial charge in [0.2, 0.25) is 0 Å². The number of carbonyl (C=O) groups excluding carboxylic acids is 1. The summed E-state index contributed by atoms with van der Waals surface area (Å²) in [4.78, 5) is 12.8. The molecular formula is C27H36O10. The maximum atomic E-state index is 12.8. The average Bonchev–Trinajstić information content (AvgIpc) is 2.88. The molecule has 2 aromatic rings. The van der Waals surface area contributed by atoms with Crippen molar-refractivity contribution < 1.29 is 50.0 Å². The smallest absolute Gasteiger partial charge is 0.186 e. The Hall–Kier alpha value is -2.57. The lowest BCUT2D eigenvalue weighted by molar-refractivity contribution is -0.311. The van der Waals surface area contributed by atoms with E-state index >= 15 is 0 Å². The second-order valence-electron chi connectivity index (χ2n) is 9.47. The van der Waals surface area contributed by atoms with Gasteiger partial charge in [-0.05, 0) is 61.1 Å². The molecule has 2 aromatic carbocycles. The number of aromatic hydroxyl groups is 2. The summed E-state index contributed by atoms with van der Waals surface area (Å²) in [5.41, 5.74) is 1.80. The monoisotopic (exact) mass is 520 g/mol. The second-order valence-corrected chi connectivity index (χ2v) is 9.47. The van der Waals surface area contributed by atoms with Crippen LogP contribution < -0.4 is 0 Å². The highest BCUT2D eigenvalue weighted by Crippen LogP contribution is 2.25. The normalized spacial score (nSPS) is 25.5. The van der Waals surface area contributed by atoms with Gasteiger partial charge >= 0.3 is 0 Å². The first-order valence-electron chi connectivity index (χ1n) is 12.4. The first-order valence-corrected chi connectivity index (χ1v) is 12.4. The van der Waals surface area contributed by atoms with E-state index in [1.54, 1.807) is 48.5 Å². The molecule has 0 radical (unpaired) electrons. The van der Waals surface area contributed by atoms with Crippen molar-refractivity contribution in [3.63, 3.8) is 0 Å². The van der Waals surface area contributed by atoms with E-state index in [4.69, 9.17) is 9.47 Å². The minimum atomic E-state index is -1.61. The molecule has 1 saturated heterocycles. The Morgan fingerprint density at radius 2 is 1.35 bits per heavy atom. The van der Waals surface area contributed by atoms with Crippen LogP contribution in [-0.2, 0) is 27.1 Å². The lowest BCUT2D eigenvalue weighted by Gasteiger charge is -2.40. The quantitative estimate of drug-likeness (QED) is 0.197. The van der Waals surface area contributed by atoms with Crippen LogP contribution in [0.3, 0.4) is 0 Å². The van der Waals surface area contributed by atoms with Gasteiger partial charge in [-0.3, -0.25) is 4.79 Å². The molecule has 7 atom stereocenters. The largest absolute Gasteiger partial charge is 0.508 e. The highest BCUT2D eigenvalue weighted by atomic mass is 16.7. The summed E-state index contributed by atoms with van der Waals surface area (Å²) in [5, 5.41) is 69.1. The molecule has 1 aliphatic heterocycles. The van der Waals surface area contributed by atoms with E-state index in [1.807, 2.05) is 0 Å². The van der Waals surface area contributed by atoms with Crippen LogP contribution in [0.1, 0.15) is 36.8 Å². The lowest BCUT2D eigenvalue weighted by atomic mass is 9.97. The molecule has 10 heteroatoms. The number of aliphatic hydroxyl groups excluding tert-OH is 5. The maximum absolute atomic E-state index is 12.8. The van der Waals surface area contributed by atoms with E-state index in [0.717, 1.165) is 11.1 Å². The molecule has 3 rings (SSSR count). The number of phenols is 2. The number of ketones is 1. The van der Waals surface area contributed by atoms with Crippen LogP contribution in [0.5, 0.6) is 11.5 Å². The van der Waals surface area contributed by atoms with Gasteiger partial charge in [-0.2, -0.15) is 0 Å². The zero-order chi connectivity index (χ0) is 26.9. The lowest BCUT2D eigenvalue weighted by Crippen LogP contribution is -2.59. The Labute approximate surface area is 215 Å². The Morgan fingerprint density at radius 1 is 0.811 bits per heavy atom. The summed E-state index contributed by atoms with van der Waals surface area (Å²) < 4.78 is 11.3. The fraction of sp³-hybridized carbons (Fsp3) is 0.519. The van der Waals surface area contributed by atoms with Crippen LogP contribution >= 0.6 is 0 Å². The fourth-order valence-corrected chi connectivity index (χ4v) is 4.28. The standard InChI is InChI=1S/C27H36O10/c28-15-23-24(33)25(34)26(35)27(37-23)36-22(12-6-17-3-9-19(30)10-4-17)14-21(32)13-20(31)11-5-16-1-7-18(29)8-2-16/h1-4,7-10,20,22-31,33-35H,5-6,11-15H2/t20-,22-,23+,24-,25-,26+,27+/m0/s1. The molecule has 1 heterocycles. The van der Waals surface area contributed by atoms with Crippen molar-refractivity contribution in [2.45, 2.75) is 81.4 Å². The van der Waals surface area contributed by atoms with E-state index in [9.17, 15) is 40.5 Å². The molecule has 0 spiro atoms. The molecule has 37 heavy (non-hydrogen) atoms. The number of aliphatic hydroxyl groups is 5. The molecule has 0 saturated carbocycles. The summed E-state index contributed by atoms with van der Waals surface area (Å²) in [6.45, 7) is -0.602. The predicted octanol–water partition coefficient (Wildman–Crippen LogP) is 0.558. The summed E-state index contributed by atoms with van der Waals surface area (Å²) in [7, 11) is 0. The third-order valence-electron chi connectivity index (χ3n) is 6.49. The van der Waals surface area contributed by atoms with Crippen molar-refractivity contribution in [1.29, 1.82) is 0 Å². The van der Waals surface area contributed by atoms with E-state index in [-0.39, 0.29) is 30.1 Å². The van der Waals surface area contributed by atoms with Crippen molar-refractivity contribution in [3.05, 3.63) is 59.7 Å². The minimum absolute atomic E-state index is 0.0939. The summed E-state index contributed by atoms with van der Waals surface area (Å²) in [6, 6.07) is 13.2. The Balaban J connectivity index is 1.60. The van der Waals surface area contributed by atoms with Crippen LogP contribution in [0.15, 0.2) is 48.5 Å². The number of carbonyl (C=O) groups is 1. The molecule has 0 aliphatic carbocycles. The average molecular weight is 521 g/mol. The number of phenolic OH excluding ortho intramolecular Hbond substituents is 2. The van der Waals surface area contributed by atoms with Crippen molar-refractivity contribution in [2.75, 3.05) is 6.61 Å². The van der Waals surface area contributed by atoms with Crippen LogP contribution in [0.4, 0.5) is 0 Å². The van der Waals surface area contributed by atoms with Gasteiger partial charge < -0.3 is 45.2 Å². The Bertz CT molecular complexity index is 962. The second kappa shape index (κ2) is 13.8. The molecule has 0 bridgehead atoms. The number of rotatable bonds is 13. The van der Waals surface area contributed by atoms with Crippen molar-refractivity contribution in [3.8, 4) is 11.5 Å². The van der Waals surface area contributed by atoms with Gasteiger partial charge in [0.1, 0.15) is 41.7 Å². The van der Waals surface area contributed by atoms with Gasteiger partial charge in [-0.25, -0.2) is 0 Å². The van der Waals surface area contributed by atoms with Crippen LogP contribution in [-0.4, -0.2) is 91.0 Å². The summed E-state index contributed by atoms with van der Waals surface area (Å²) in [5.74, 6) is 0.00469. The number of aryl methyl sites for hydroxylation is 2. The zero-order valence-electron chi connectivity index (χ0n) is 20.5. The SMILES string of the molecule is O=C(C[C@@H](O)CCc1ccc(O)cc1)C[C@H](CCc1ccc(O)cc1)O[C@@H]1O[C@H](CO)[C@H](O)[C@H](O)[C@H]1O. The van der Waals surface area contributed by atoms with E-state index in [2.05, 4.69) is 0 Å². The van der Waals surface area contributed by atoms with Crippen LogP contribution in [0.25, 0.3) is 0 Å². The number of ether oxygens (including phenoxy) is 2. The predicted molar refractivity (Wildman–Crippen MR) is 132 cm³/mol. The van der Waals surface area contributed by atoms with Gasteiger partial charge in [0.25, 0.3) is 0 Å². The topological polar surface area (TPSA) is 177 Å². The summed E-state index contributed by atoms with van der Waals surface area (Å²) in [6.07, 6.45) is -7.41. The van der Waals surface area contributed by atoms with E-state index in [1.165, 1.54) is 0 Å². The number of benzene rings is 2. The van der Waals surface area contributed by atoms with Gasteiger partial charge in [0, 0.05) is 12.8 Å². The molecule has 204 valence electrons. The van der Waals surface area contributed by atoms with Crippen LogP contribution in [0.2, 0.25) is 0 Å². The van der Waals surface area contributed by atoms with Crippen LogP contribution in [0, 0.1) is 0 Å². The molecule has 0 amide bonds. The van der Waals surface area contributed by atoms with Crippen molar-refractivity contribution >= 4 is 5.78 Å². The Kier molecular flexibility index (Phi) is 10.8. The number of hydrogen-bond acceptors (Lipinski definition) is 10. The first-order chi connectivity index (χ1) is 17.7. The molecule has 10 nitrogen and oxygen atoms in total. The highest BCUT2D eigenvalue weighted by Gasteiger charge is 2.44. The number of Topliss-reactive ketones (excluding diaryl/α,β-unsaturated/α-hetero) is 1. The van der Waals surface area contributed by atoms with E-state index in [0.29, 0.717) is 25.7 Å². The van der Waals surface area contributed by atoms with Crippen molar-refractivity contribution in [2.24, 2.45) is 0 Å². The van der Waals surface area contributed by atoms with Crippen molar-refractivity contribution in [1.82, 2.24) is 0 Å². The number of hydrogen-bond donors (Lipinski definition) is 7. The molecule has 0 unspecified atom stereocenters. The Morgan fingerprint density at radius 3 is 1.89 bits per heavy atom. The van der Waals surface area contributed by atoms with E-state index < -0.39 is 49.5 Å². The highest BCUT2D eigenvalue weighted by molar-refractivity contribution is 5.79. The fourth-order valence-electron chi connectivity index (χ4n) is 4.28.